The molecule has 1 aliphatic heterocycles. The van der Waals surface area contributed by atoms with Crippen LogP contribution in [0.15, 0.2) is 12.4 Å². The summed E-state index contributed by atoms with van der Waals surface area (Å²) in [5.41, 5.74) is 0. The molecular weight excluding hydrogens is 288 g/mol. The highest BCUT2D eigenvalue weighted by Crippen LogP contribution is 2.04. The third-order valence-corrected chi connectivity index (χ3v) is 4.48. The summed E-state index contributed by atoms with van der Waals surface area (Å²) in [6.45, 7) is 4.13. The Hall–Kier alpha value is -0.720. The van der Waals surface area contributed by atoms with E-state index in [0.29, 0.717) is 6.42 Å². The van der Waals surface area contributed by atoms with Crippen molar-refractivity contribution in [1.29, 1.82) is 0 Å². The minimum atomic E-state index is -4.05. The lowest BCUT2D eigenvalue weighted by Gasteiger charge is -2.06. The lowest BCUT2D eigenvalue weighted by molar-refractivity contribution is -0.750. The van der Waals surface area contributed by atoms with Gasteiger partial charge < -0.3 is 4.55 Å². The van der Waals surface area contributed by atoms with Gasteiger partial charge in [-0.1, -0.05) is 32.6 Å². The van der Waals surface area contributed by atoms with Gasteiger partial charge in [-0.3, -0.25) is 0 Å². The predicted octanol–water partition coefficient (Wildman–Crippen LogP) is 1.08. The maximum atomic E-state index is 10.5. The molecule has 0 aliphatic carbocycles. The van der Waals surface area contributed by atoms with Gasteiger partial charge in [0.25, 0.3) is 0 Å². The summed E-state index contributed by atoms with van der Waals surface area (Å²) in [5.74, 6) is -0.245. The third-order valence-electron chi connectivity index (χ3n) is 3.69. The summed E-state index contributed by atoms with van der Waals surface area (Å²) >= 11 is 0. The highest BCUT2D eigenvalue weighted by Gasteiger charge is 2.16. The summed E-state index contributed by atoms with van der Waals surface area (Å²) in [6.07, 6.45) is 15.3. The van der Waals surface area contributed by atoms with E-state index in [2.05, 4.69) is 30.2 Å². The number of nitrogens with zero attached hydrogens (tertiary/aromatic N) is 1. The van der Waals surface area contributed by atoms with Gasteiger partial charge in [0.2, 0.25) is 6.20 Å². The van der Waals surface area contributed by atoms with Crippen molar-refractivity contribution in [1.82, 2.24) is 0 Å². The van der Waals surface area contributed by atoms with E-state index in [0.717, 1.165) is 19.5 Å². The molecule has 1 aliphatic rings. The molecule has 0 fully saturated rings. The quantitative estimate of drug-likeness (QED) is 0.333. The molecule has 0 amide bonds. The van der Waals surface area contributed by atoms with Crippen LogP contribution in [0, 0.1) is 0 Å². The van der Waals surface area contributed by atoms with E-state index in [-0.39, 0.29) is 5.75 Å². The van der Waals surface area contributed by atoms with Crippen molar-refractivity contribution in [3.05, 3.63) is 12.4 Å². The molecule has 5 nitrogen and oxygen atoms in total. The maximum Gasteiger partial charge on any atom is 0.335 e. The van der Waals surface area contributed by atoms with Gasteiger partial charge >= 0.3 is 6.34 Å². The standard InChI is InChI=1S/C15H28N2O3S/c1-2-3-4-5-6-7-10-16-12-13-17(15-16)11-8-9-14-21(18,19)20/h12-13,15H,2-11,14H2,1H3/p+1. The second kappa shape index (κ2) is 10.1. The Morgan fingerprint density at radius 1 is 1.05 bits per heavy atom. The average molecular weight is 317 g/mol. The van der Waals surface area contributed by atoms with Gasteiger partial charge in [-0.25, -0.2) is 13.3 Å². The molecule has 0 radical (unpaired) electrons. The number of quaternary nitrogens is 1. The molecule has 21 heavy (non-hydrogen) atoms. The number of unbranched alkanes of at least 4 members (excludes halogenated alkanes) is 6. The molecule has 0 aromatic carbocycles. The fourth-order valence-electron chi connectivity index (χ4n) is 2.46. The zero-order valence-corrected chi connectivity index (χ0v) is 13.9. The van der Waals surface area contributed by atoms with Crippen LogP contribution in [0.5, 0.6) is 0 Å². The lowest BCUT2D eigenvalue weighted by Crippen LogP contribution is -3.06. The largest absolute Gasteiger partial charge is 0.748 e. The fourth-order valence-corrected chi connectivity index (χ4v) is 3.02. The first-order valence-corrected chi connectivity index (χ1v) is 9.67. The van der Waals surface area contributed by atoms with Gasteiger partial charge in [0.15, 0.2) is 12.7 Å². The molecule has 1 heterocycles. The molecule has 0 aromatic heterocycles. The summed E-state index contributed by atoms with van der Waals surface area (Å²) in [6, 6.07) is 0. The molecule has 122 valence electrons. The first kappa shape index (κ1) is 18.3. The van der Waals surface area contributed by atoms with E-state index in [1.165, 1.54) is 43.4 Å². The number of hydrogen-bond acceptors (Lipinski definition) is 3. The first-order chi connectivity index (χ1) is 10.0. The zero-order valence-electron chi connectivity index (χ0n) is 13.1. The molecule has 1 atom stereocenters. The Kier molecular flexibility index (Phi) is 8.80. The van der Waals surface area contributed by atoms with Crippen LogP contribution in [-0.4, -0.2) is 42.7 Å². The summed E-state index contributed by atoms with van der Waals surface area (Å²) < 4.78 is 33.7. The minimum Gasteiger partial charge on any atom is -0.748 e. The number of nitrogens with one attached hydrogen (secondary N) is 1. The van der Waals surface area contributed by atoms with Crippen LogP contribution in [0.3, 0.4) is 0 Å². The van der Waals surface area contributed by atoms with Crippen LogP contribution in [0.25, 0.3) is 0 Å². The van der Waals surface area contributed by atoms with E-state index in [4.69, 9.17) is 0 Å². The van der Waals surface area contributed by atoms with E-state index in [9.17, 15) is 13.0 Å². The topological polar surface area (TPSA) is 64.7 Å². The van der Waals surface area contributed by atoms with Crippen molar-refractivity contribution in [3.8, 4) is 0 Å². The van der Waals surface area contributed by atoms with Crippen LogP contribution in [0.2, 0.25) is 0 Å². The maximum absolute atomic E-state index is 10.5. The second-order valence-corrected chi connectivity index (χ2v) is 7.27. The highest BCUT2D eigenvalue weighted by atomic mass is 32.2. The van der Waals surface area contributed by atoms with Gasteiger partial charge in [-0.2, -0.15) is 4.58 Å². The summed E-state index contributed by atoms with van der Waals surface area (Å²) in [5, 5.41) is 0. The summed E-state index contributed by atoms with van der Waals surface area (Å²) in [4.78, 5) is 1.23. The fraction of sp³-hybridized carbons (Fsp3) is 0.800. The Labute approximate surface area is 129 Å². The predicted molar refractivity (Wildman–Crippen MR) is 83.3 cm³/mol. The van der Waals surface area contributed by atoms with Crippen molar-refractivity contribution in [2.24, 2.45) is 0 Å². The van der Waals surface area contributed by atoms with Gasteiger partial charge in [-0.05, 0) is 19.3 Å². The highest BCUT2D eigenvalue weighted by molar-refractivity contribution is 7.85. The van der Waals surface area contributed by atoms with Crippen LogP contribution in [0.1, 0.15) is 58.3 Å². The molecule has 0 aromatic rings. The van der Waals surface area contributed by atoms with Crippen molar-refractivity contribution in [2.45, 2.75) is 58.3 Å². The van der Waals surface area contributed by atoms with Crippen molar-refractivity contribution < 1.29 is 22.4 Å². The smallest absolute Gasteiger partial charge is 0.335 e. The van der Waals surface area contributed by atoms with Gasteiger partial charge in [0.1, 0.15) is 0 Å². The van der Waals surface area contributed by atoms with Crippen LogP contribution in [-0.2, 0) is 10.1 Å². The van der Waals surface area contributed by atoms with Crippen LogP contribution >= 0.6 is 0 Å². The third kappa shape index (κ3) is 9.77. The van der Waals surface area contributed by atoms with Crippen LogP contribution < -0.4 is 4.90 Å². The van der Waals surface area contributed by atoms with E-state index in [1.54, 1.807) is 0 Å². The summed E-state index contributed by atoms with van der Waals surface area (Å²) in [7, 11) is -4.05. The normalized spacial score (nSPS) is 18.2. The van der Waals surface area contributed by atoms with E-state index >= 15 is 0 Å². The molecule has 0 spiro atoms. The molecular formula is C15H29N2O3S+. The Morgan fingerprint density at radius 2 is 1.76 bits per heavy atom. The van der Waals surface area contributed by atoms with E-state index < -0.39 is 10.1 Å². The molecule has 0 bridgehead atoms. The SMILES string of the molecule is CCCCCCCC[N+]1=C[NH+](CCCCS(=O)(=O)[O-])C=C1. The molecule has 0 saturated heterocycles. The second-order valence-electron chi connectivity index (χ2n) is 5.74. The Morgan fingerprint density at radius 3 is 2.48 bits per heavy atom. The van der Waals surface area contributed by atoms with Crippen molar-refractivity contribution in [2.75, 3.05) is 18.8 Å². The number of hydrogen-bond donors (Lipinski definition) is 1. The first-order valence-electron chi connectivity index (χ1n) is 8.09. The van der Waals surface area contributed by atoms with Gasteiger partial charge in [0.05, 0.1) is 16.7 Å². The number of rotatable bonds is 12. The van der Waals surface area contributed by atoms with Crippen molar-refractivity contribution >= 4 is 16.5 Å². The lowest BCUT2D eigenvalue weighted by atomic mass is 10.1. The Bertz CT molecular complexity index is 444. The molecule has 1 N–H and O–H groups in total. The molecule has 0 saturated carbocycles. The van der Waals surface area contributed by atoms with E-state index in [1.807, 2.05) is 0 Å². The minimum absolute atomic E-state index is 0.245. The molecule has 1 rings (SSSR count). The van der Waals surface area contributed by atoms with Gasteiger partial charge in [0, 0.05) is 12.2 Å². The molecule has 6 heteroatoms. The van der Waals surface area contributed by atoms with Crippen LogP contribution in [0.4, 0.5) is 0 Å². The van der Waals surface area contributed by atoms with Gasteiger partial charge in [-0.15, -0.1) is 0 Å². The molecule has 1 unspecified atom stereocenters. The Balaban J connectivity index is 2.07. The zero-order chi connectivity index (χ0) is 15.6. The monoisotopic (exact) mass is 317 g/mol. The van der Waals surface area contributed by atoms with Crippen molar-refractivity contribution in [3.63, 3.8) is 0 Å². The average Bonchev–Trinajstić information content (AvgIpc) is 2.86.